The van der Waals surface area contributed by atoms with Gasteiger partial charge in [-0.25, -0.2) is 8.78 Å². The molecule has 0 unspecified atom stereocenters. The van der Waals surface area contributed by atoms with Gasteiger partial charge in [-0.3, -0.25) is 4.79 Å². The quantitative estimate of drug-likeness (QED) is 0.817. The first-order valence-electron chi connectivity index (χ1n) is 7.56. The van der Waals surface area contributed by atoms with Crippen molar-refractivity contribution >= 4 is 17.7 Å². The van der Waals surface area contributed by atoms with Gasteiger partial charge in [-0.15, -0.1) is 0 Å². The summed E-state index contributed by atoms with van der Waals surface area (Å²) in [6.45, 7) is 1.000. The Labute approximate surface area is 138 Å². The van der Waals surface area contributed by atoms with Gasteiger partial charge in [0.2, 0.25) is 0 Å². The van der Waals surface area contributed by atoms with E-state index in [1.165, 1.54) is 11.6 Å². The van der Waals surface area contributed by atoms with Crippen LogP contribution in [0.15, 0.2) is 48.5 Å². The Morgan fingerprint density at radius 3 is 2.39 bits per heavy atom. The smallest absolute Gasteiger partial charge is 0.259 e. The molecular weight excluding hydrogens is 316 g/mol. The van der Waals surface area contributed by atoms with Crippen molar-refractivity contribution in [3.8, 4) is 0 Å². The predicted molar refractivity (Wildman–Crippen MR) is 88.5 cm³/mol. The first-order valence-corrected chi connectivity index (χ1v) is 8.61. The minimum atomic E-state index is -0.800. The Bertz CT molecular complexity index is 672. The van der Waals surface area contributed by atoms with Crippen molar-refractivity contribution < 1.29 is 13.6 Å². The van der Waals surface area contributed by atoms with Gasteiger partial charge in [0.1, 0.15) is 17.2 Å². The van der Waals surface area contributed by atoms with Crippen LogP contribution in [-0.4, -0.2) is 29.6 Å². The molecule has 23 heavy (non-hydrogen) atoms. The molecule has 1 fully saturated rings. The Hall–Kier alpha value is -1.88. The molecule has 0 spiro atoms. The number of carbonyl (C=O) groups excluding carboxylic acids is 1. The highest BCUT2D eigenvalue weighted by Gasteiger charge is 2.26. The van der Waals surface area contributed by atoms with Crippen molar-refractivity contribution in [3.63, 3.8) is 0 Å². The number of hydrogen-bond acceptors (Lipinski definition) is 2. The lowest BCUT2D eigenvalue weighted by atomic mass is 10.1. The molecule has 2 aromatic rings. The second kappa shape index (κ2) is 7.13. The molecule has 0 aromatic heterocycles. The van der Waals surface area contributed by atoms with E-state index in [4.69, 9.17) is 0 Å². The molecule has 0 aliphatic carbocycles. The van der Waals surface area contributed by atoms with E-state index in [0.717, 1.165) is 24.3 Å². The van der Waals surface area contributed by atoms with E-state index < -0.39 is 23.1 Å². The summed E-state index contributed by atoms with van der Waals surface area (Å²) in [7, 11) is 0. The number of hydrogen-bond donors (Lipinski definition) is 0. The van der Waals surface area contributed by atoms with Crippen molar-refractivity contribution in [2.24, 2.45) is 0 Å². The average molecular weight is 333 g/mol. The molecule has 3 rings (SSSR count). The van der Waals surface area contributed by atoms with Gasteiger partial charge in [-0.05, 0) is 24.1 Å². The first kappa shape index (κ1) is 16.0. The maximum atomic E-state index is 13.8. The highest BCUT2D eigenvalue weighted by molar-refractivity contribution is 7.99. The molecule has 1 heterocycles. The van der Waals surface area contributed by atoms with Crippen molar-refractivity contribution in [1.29, 1.82) is 0 Å². The number of nitrogens with zero attached hydrogens (tertiary/aromatic N) is 1. The molecule has 0 radical (unpaired) electrons. The second-order valence-corrected chi connectivity index (χ2v) is 6.76. The number of benzene rings is 2. The highest BCUT2D eigenvalue weighted by Crippen LogP contribution is 2.34. The summed E-state index contributed by atoms with van der Waals surface area (Å²) in [5, 5.41) is 0.305. The van der Waals surface area contributed by atoms with Crippen LogP contribution in [0.25, 0.3) is 0 Å². The molecule has 0 bridgehead atoms. The first-order chi connectivity index (χ1) is 11.2. The van der Waals surface area contributed by atoms with Crippen LogP contribution in [0.4, 0.5) is 8.78 Å². The molecule has 0 N–H and O–H groups in total. The lowest BCUT2D eigenvalue weighted by molar-refractivity contribution is 0.0757. The molecule has 1 aliphatic heterocycles. The number of rotatable bonds is 2. The topological polar surface area (TPSA) is 20.3 Å². The van der Waals surface area contributed by atoms with Crippen molar-refractivity contribution in [1.82, 2.24) is 4.90 Å². The molecule has 1 amide bonds. The molecule has 0 saturated carbocycles. The minimum absolute atomic E-state index is 0.305. The van der Waals surface area contributed by atoms with Gasteiger partial charge in [0.05, 0.1) is 0 Å². The summed E-state index contributed by atoms with van der Waals surface area (Å²) in [5.74, 6) is -1.41. The van der Waals surface area contributed by atoms with E-state index in [2.05, 4.69) is 12.1 Å². The summed E-state index contributed by atoms with van der Waals surface area (Å²) in [5.41, 5.74) is 0.777. The molecule has 5 heteroatoms. The molecule has 120 valence electrons. The van der Waals surface area contributed by atoms with Crippen LogP contribution in [0, 0.1) is 11.6 Å². The predicted octanol–water partition coefficient (Wildman–Crippen LogP) is 4.29. The van der Waals surface area contributed by atoms with Gasteiger partial charge in [0.15, 0.2) is 0 Å². The van der Waals surface area contributed by atoms with Crippen LogP contribution in [0.3, 0.4) is 0 Å². The second-order valence-electron chi connectivity index (χ2n) is 5.45. The number of halogens is 2. The minimum Gasteiger partial charge on any atom is -0.338 e. The van der Waals surface area contributed by atoms with Gasteiger partial charge < -0.3 is 4.90 Å². The van der Waals surface area contributed by atoms with E-state index in [-0.39, 0.29) is 0 Å². The highest BCUT2D eigenvalue weighted by atomic mass is 32.2. The zero-order valence-electron chi connectivity index (χ0n) is 12.5. The summed E-state index contributed by atoms with van der Waals surface area (Å²) in [6.07, 6.45) is 0.774. The van der Waals surface area contributed by atoms with Crippen LogP contribution in [0.1, 0.15) is 27.6 Å². The fourth-order valence-electron chi connectivity index (χ4n) is 2.77. The van der Waals surface area contributed by atoms with E-state index >= 15 is 0 Å². The maximum absolute atomic E-state index is 13.8. The van der Waals surface area contributed by atoms with Crippen LogP contribution >= 0.6 is 11.8 Å². The maximum Gasteiger partial charge on any atom is 0.259 e. The third kappa shape index (κ3) is 3.55. The molecule has 1 saturated heterocycles. The zero-order valence-corrected chi connectivity index (χ0v) is 13.4. The molecule has 2 aromatic carbocycles. The normalized spacial score (nSPS) is 18.5. The van der Waals surface area contributed by atoms with E-state index in [1.807, 2.05) is 18.2 Å². The molecular formula is C18H17F2NOS. The van der Waals surface area contributed by atoms with Gasteiger partial charge >= 0.3 is 0 Å². The Balaban J connectivity index is 1.74. The van der Waals surface area contributed by atoms with E-state index in [9.17, 15) is 13.6 Å². The lowest BCUT2D eigenvalue weighted by Gasteiger charge is -2.21. The Morgan fingerprint density at radius 1 is 1.00 bits per heavy atom. The number of thioether (sulfide) groups is 1. The standard InChI is InChI=1S/C18H17F2NOS/c19-14-7-4-8-15(20)17(14)18(22)21-10-9-16(23-12-11-21)13-5-2-1-3-6-13/h1-8,16H,9-12H2/t16-/m1/s1. The van der Waals surface area contributed by atoms with Crippen LogP contribution < -0.4 is 0 Å². The summed E-state index contributed by atoms with van der Waals surface area (Å²) >= 11 is 1.78. The Kier molecular flexibility index (Phi) is 4.96. The van der Waals surface area contributed by atoms with Gasteiger partial charge in [0, 0.05) is 24.1 Å². The average Bonchev–Trinajstić information content (AvgIpc) is 2.81. The molecule has 1 atom stereocenters. The summed E-state index contributed by atoms with van der Waals surface area (Å²) in [6, 6.07) is 13.6. The van der Waals surface area contributed by atoms with Gasteiger partial charge in [-0.2, -0.15) is 11.8 Å². The van der Waals surface area contributed by atoms with Gasteiger partial charge in [0.25, 0.3) is 5.91 Å². The zero-order chi connectivity index (χ0) is 16.2. The number of carbonyl (C=O) groups is 1. The largest absolute Gasteiger partial charge is 0.338 e. The lowest BCUT2D eigenvalue weighted by Crippen LogP contribution is -2.34. The van der Waals surface area contributed by atoms with Gasteiger partial charge in [-0.1, -0.05) is 36.4 Å². The van der Waals surface area contributed by atoms with Crippen LogP contribution in [0.5, 0.6) is 0 Å². The van der Waals surface area contributed by atoms with E-state index in [1.54, 1.807) is 16.7 Å². The van der Waals surface area contributed by atoms with Crippen LogP contribution in [0.2, 0.25) is 0 Å². The third-order valence-electron chi connectivity index (χ3n) is 3.98. The SMILES string of the molecule is O=C(c1c(F)cccc1F)N1CCS[C@@H](c2ccccc2)CC1. The van der Waals surface area contributed by atoms with E-state index in [0.29, 0.717) is 18.3 Å². The van der Waals surface area contributed by atoms with Crippen LogP contribution in [-0.2, 0) is 0 Å². The molecule has 1 aliphatic rings. The Morgan fingerprint density at radius 2 is 1.70 bits per heavy atom. The fourth-order valence-corrected chi connectivity index (χ4v) is 4.00. The third-order valence-corrected chi connectivity index (χ3v) is 5.31. The van der Waals surface area contributed by atoms with Crippen molar-refractivity contribution in [3.05, 3.63) is 71.3 Å². The van der Waals surface area contributed by atoms with Crippen molar-refractivity contribution in [2.45, 2.75) is 11.7 Å². The monoisotopic (exact) mass is 333 g/mol. The fraction of sp³-hybridized carbons (Fsp3) is 0.278. The number of amides is 1. The molecule has 2 nitrogen and oxygen atoms in total. The summed E-state index contributed by atoms with van der Waals surface area (Å²) in [4.78, 5) is 14.0. The summed E-state index contributed by atoms with van der Waals surface area (Å²) < 4.78 is 27.6. The van der Waals surface area contributed by atoms with Crippen molar-refractivity contribution in [2.75, 3.05) is 18.8 Å².